The van der Waals surface area contributed by atoms with E-state index in [1.807, 2.05) is 0 Å². The van der Waals surface area contributed by atoms with Crippen LogP contribution in [0.2, 0.25) is 5.02 Å². The van der Waals surface area contributed by atoms with E-state index in [1.54, 1.807) is 5.32 Å². The fourth-order valence-electron chi connectivity index (χ4n) is 1.76. The highest BCUT2D eigenvalue weighted by Crippen LogP contribution is 2.39. The quantitative estimate of drug-likeness (QED) is 0.695. The van der Waals surface area contributed by atoms with E-state index in [-0.39, 0.29) is 16.3 Å². The number of fused-ring (bicyclic) bond motifs is 1. The molecule has 1 fully saturated rings. The highest BCUT2D eigenvalue weighted by Gasteiger charge is 2.45. The first-order valence-electron chi connectivity index (χ1n) is 6.21. The summed E-state index contributed by atoms with van der Waals surface area (Å²) in [5.74, 6) is 3.30. The molecule has 7 heteroatoms. The average molecular weight is 317 g/mol. The van der Waals surface area contributed by atoms with Gasteiger partial charge in [-0.3, -0.25) is 0 Å². The fraction of sp³-hybridized carbons (Fsp3) is 0.357. The molecule has 21 heavy (non-hydrogen) atoms. The Labute approximate surface area is 124 Å². The van der Waals surface area contributed by atoms with Crippen LogP contribution in [0.3, 0.4) is 0 Å². The Balaban J connectivity index is 0.000000272. The van der Waals surface area contributed by atoms with Crippen LogP contribution >= 0.6 is 11.6 Å². The number of urea groups is 1. The highest BCUT2D eigenvalue weighted by molar-refractivity contribution is 6.30. The monoisotopic (exact) mass is 316 g/mol. The maximum absolute atomic E-state index is 12.6. The molecule has 0 spiro atoms. The molecule has 2 aliphatic rings. The molecule has 3 nitrogen and oxygen atoms in total. The van der Waals surface area contributed by atoms with Crippen molar-refractivity contribution in [1.29, 1.82) is 0 Å². The maximum atomic E-state index is 12.6. The molecule has 1 atom stereocenters. The number of amides is 2. The van der Waals surface area contributed by atoms with Gasteiger partial charge in [0.25, 0.3) is 0 Å². The Morgan fingerprint density at radius 1 is 1.33 bits per heavy atom. The number of anilines is 1. The van der Waals surface area contributed by atoms with Crippen molar-refractivity contribution in [3.63, 3.8) is 0 Å². The van der Waals surface area contributed by atoms with Gasteiger partial charge in [0.2, 0.25) is 0 Å². The van der Waals surface area contributed by atoms with Crippen molar-refractivity contribution in [3.05, 3.63) is 28.8 Å². The van der Waals surface area contributed by atoms with Gasteiger partial charge in [0, 0.05) is 22.2 Å². The number of nitrogens with one attached hydrogen (secondary N) is 2. The smallest absolute Gasteiger partial charge is 0.322 e. The molecule has 1 aliphatic heterocycles. The Bertz CT molecular complexity index is 591. The van der Waals surface area contributed by atoms with E-state index in [0.29, 0.717) is 5.92 Å². The molecule has 1 unspecified atom stereocenters. The van der Waals surface area contributed by atoms with Gasteiger partial charge in [-0.25, -0.2) is 4.79 Å². The van der Waals surface area contributed by atoms with E-state index in [4.69, 9.17) is 18.0 Å². The van der Waals surface area contributed by atoms with Crippen LogP contribution in [0.4, 0.5) is 23.7 Å². The van der Waals surface area contributed by atoms with Crippen LogP contribution < -0.4 is 10.6 Å². The molecule has 3 rings (SSSR count). The van der Waals surface area contributed by atoms with Gasteiger partial charge in [-0.1, -0.05) is 11.6 Å². The minimum absolute atomic E-state index is 0.0837. The number of carbonyl (C=O) groups is 1. The second-order valence-electron chi connectivity index (χ2n) is 4.75. The number of rotatable bonds is 0. The van der Waals surface area contributed by atoms with Gasteiger partial charge in [-0.05, 0) is 31.0 Å². The molecule has 1 aromatic carbocycles. The zero-order chi connectivity index (χ0) is 15.6. The van der Waals surface area contributed by atoms with E-state index in [1.165, 1.54) is 31.0 Å². The summed E-state index contributed by atoms with van der Waals surface area (Å²) < 4.78 is 37.9. The predicted molar refractivity (Wildman–Crippen MR) is 74.0 cm³/mol. The SMILES string of the molecule is C#CC1CC1.O=C1Nc2ccc(Cl)cc2C(C(F)(F)F)N1. The van der Waals surface area contributed by atoms with Crippen LogP contribution in [0.5, 0.6) is 0 Å². The molecule has 1 aromatic rings. The van der Waals surface area contributed by atoms with Gasteiger partial charge in [-0.2, -0.15) is 13.2 Å². The number of hydrogen-bond acceptors (Lipinski definition) is 1. The van der Waals surface area contributed by atoms with E-state index in [0.717, 1.165) is 0 Å². The van der Waals surface area contributed by atoms with Crippen LogP contribution in [-0.2, 0) is 0 Å². The lowest BCUT2D eigenvalue weighted by atomic mass is 10.0. The van der Waals surface area contributed by atoms with Crippen LogP contribution in [-0.4, -0.2) is 12.2 Å². The minimum atomic E-state index is -4.54. The molecular formula is C14H12ClF3N2O. The standard InChI is InChI=1S/C9H6ClF3N2O.C5H6/c10-4-1-2-6-5(3-4)7(9(11,12)13)15-8(16)14-6;1-2-5-3-4-5/h1-3,7H,(H2,14,15,16);1,5H,3-4H2. The zero-order valence-corrected chi connectivity index (χ0v) is 11.6. The zero-order valence-electron chi connectivity index (χ0n) is 10.8. The second kappa shape index (κ2) is 5.86. The van der Waals surface area contributed by atoms with Crippen molar-refractivity contribution >= 4 is 23.3 Å². The van der Waals surface area contributed by atoms with E-state index in [2.05, 4.69) is 11.2 Å². The number of terminal acetylenes is 1. The molecule has 2 N–H and O–H groups in total. The Hall–Kier alpha value is -1.87. The van der Waals surface area contributed by atoms with Gasteiger partial charge in [0.1, 0.15) is 0 Å². The van der Waals surface area contributed by atoms with Crippen molar-refractivity contribution in [2.24, 2.45) is 5.92 Å². The van der Waals surface area contributed by atoms with Gasteiger partial charge < -0.3 is 10.6 Å². The lowest BCUT2D eigenvalue weighted by Crippen LogP contribution is -2.44. The summed E-state index contributed by atoms with van der Waals surface area (Å²) >= 11 is 5.62. The number of halogens is 4. The topological polar surface area (TPSA) is 41.1 Å². The van der Waals surface area contributed by atoms with Gasteiger partial charge in [0.05, 0.1) is 0 Å². The predicted octanol–water partition coefficient (Wildman–Crippen LogP) is 4.11. The molecule has 112 valence electrons. The molecule has 0 aromatic heterocycles. The lowest BCUT2D eigenvalue weighted by Gasteiger charge is -2.28. The Morgan fingerprint density at radius 2 is 2.00 bits per heavy atom. The van der Waals surface area contributed by atoms with Gasteiger partial charge in [0.15, 0.2) is 6.04 Å². The Kier molecular flexibility index (Phi) is 4.33. The third kappa shape index (κ3) is 4.05. The first kappa shape index (κ1) is 15.5. The van der Waals surface area contributed by atoms with Crippen molar-refractivity contribution in [2.45, 2.75) is 25.1 Å². The number of benzene rings is 1. The van der Waals surface area contributed by atoms with Crippen LogP contribution in [0.15, 0.2) is 18.2 Å². The summed E-state index contributed by atoms with van der Waals surface area (Å²) in [7, 11) is 0. The van der Waals surface area contributed by atoms with Crippen LogP contribution in [0.1, 0.15) is 24.4 Å². The molecule has 0 saturated heterocycles. The van der Waals surface area contributed by atoms with Crippen molar-refractivity contribution in [3.8, 4) is 12.3 Å². The number of hydrogen-bond donors (Lipinski definition) is 2. The van der Waals surface area contributed by atoms with Crippen molar-refractivity contribution < 1.29 is 18.0 Å². The molecule has 1 aliphatic carbocycles. The molecule has 2 amide bonds. The van der Waals surface area contributed by atoms with Crippen molar-refractivity contribution in [2.75, 3.05) is 5.32 Å². The molecule has 0 bridgehead atoms. The van der Waals surface area contributed by atoms with Crippen LogP contribution in [0, 0.1) is 18.3 Å². The molecule has 0 radical (unpaired) electrons. The van der Waals surface area contributed by atoms with E-state index >= 15 is 0 Å². The summed E-state index contributed by atoms with van der Waals surface area (Å²) in [6.07, 6.45) is 2.99. The third-order valence-corrected chi connectivity index (χ3v) is 3.22. The summed E-state index contributed by atoms with van der Waals surface area (Å²) in [6.45, 7) is 0. The van der Waals surface area contributed by atoms with Gasteiger partial charge in [-0.15, -0.1) is 12.3 Å². The largest absolute Gasteiger partial charge is 0.413 e. The minimum Gasteiger partial charge on any atom is -0.322 e. The summed E-state index contributed by atoms with van der Waals surface area (Å²) in [5, 5.41) is 4.27. The molecular weight excluding hydrogens is 305 g/mol. The fourth-order valence-corrected chi connectivity index (χ4v) is 1.94. The normalized spacial score (nSPS) is 20.1. The molecule has 1 heterocycles. The first-order chi connectivity index (χ1) is 9.81. The first-order valence-corrected chi connectivity index (χ1v) is 6.59. The van der Waals surface area contributed by atoms with Crippen molar-refractivity contribution in [1.82, 2.24) is 5.32 Å². The lowest BCUT2D eigenvalue weighted by molar-refractivity contribution is -0.155. The van der Waals surface area contributed by atoms with Crippen LogP contribution in [0.25, 0.3) is 0 Å². The summed E-state index contributed by atoms with van der Waals surface area (Å²) in [6, 6.07) is 1.04. The molecule has 1 saturated carbocycles. The summed E-state index contributed by atoms with van der Waals surface area (Å²) in [5.41, 5.74) is 0.0371. The Morgan fingerprint density at radius 3 is 2.48 bits per heavy atom. The van der Waals surface area contributed by atoms with E-state index in [9.17, 15) is 18.0 Å². The highest BCUT2D eigenvalue weighted by atomic mass is 35.5. The summed E-state index contributed by atoms with van der Waals surface area (Å²) in [4.78, 5) is 11.0. The number of alkyl halides is 3. The maximum Gasteiger partial charge on any atom is 0.413 e. The third-order valence-electron chi connectivity index (χ3n) is 2.99. The number of carbonyl (C=O) groups excluding carboxylic acids is 1. The average Bonchev–Trinajstić information content (AvgIpc) is 3.22. The second-order valence-corrected chi connectivity index (χ2v) is 5.18. The van der Waals surface area contributed by atoms with Gasteiger partial charge >= 0.3 is 12.2 Å². The van der Waals surface area contributed by atoms with E-state index < -0.39 is 18.2 Å².